The Hall–Kier alpha value is -2.20. The van der Waals surface area contributed by atoms with E-state index in [9.17, 15) is 4.39 Å². The van der Waals surface area contributed by atoms with Crippen molar-refractivity contribution >= 4 is 17.0 Å². The Kier molecular flexibility index (Phi) is 3.01. The van der Waals surface area contributed by atoms with Crippen LogP contribution in [0.1, 0.15) is 0 Å². The monoisotopic (exact) mass is 270 g/mol. The van der Waals surface area contributed by atoms with Gasteiger partial charge in [-0.1, -0.05) is 24.3 Å². The summed E-state index contributed by atoms with van der Waals surface area (Å²) in [6.07, 6.45) is 0. The zero-order chi connectivity index (χ0) is 13.2. The molecule has 4 heteroatoms. The van der Waals surface area contributed by atoms with Crippen LogP contribution in [0.2, 0.25) is 0 Å². The van der Waals surface area contributed by atoms with Gasteiger partial charge in [-0.2, -0.15) is 0 Å². The minimum Gasteiger partial charge on any atom is -0.399 e. The zero-order valence-corrected chi connectivity index (χ0v) is 10.8. The highest BCUT2D eigenvalue weighted by molar-refractivity contribution is 7.13. The van der Waals surface area contributed by atoms with Crippen molar-refractivity contribution < 1.29 is 4.39 Å². The van der Waals surface area contributed by atoms with E-state index < -0.39 is 0 Å². The first kappa shape index (κ1) is 11.9. The molecule has 19 heavy (non-hydrogen) atoms. The summed E-state index contributed by atoms with van der Waals surface area (Å²) in [4.78, 5) is 4.48. The van der Waals surface area contributed by atoms with Crippen LogP contribution in [0, 0.1) is 5.82 Å². The second-order valence-corrected chi connectivity index (χ2v) is 5.00. The standard InChI is InChI=1S/C15H11FN2S/c16-13-7-2-1-6-12(13)15-18-14(9-19-15)10-4-3-5-11(17)8-10/h1-9H,17H2. The number of nitrogens with two attached hydrogens (primary N) is 1. The van der Waals surface area contributed by atoms with Crippen LogP contribution in [-0.4, -0.2) is 4.98 Å². The normalized spacial score (nSPS) is 10.6. The number of hydrogen-bond acceptors (Lipinski definition) is 3. The Morgan fingerprint density at radius 1 is 1.05 bits per heavy atom. The molecule has 0 bridgehead atoms. The number of nitrogen functional groups attached to an aromatic ring is 1. The van der Waals surface area contributed by atoms with Crippen LogP contribution in [0.3, 0.4) is 0 Å². The lowest BCUT2D eigenvalue weighted by atomic mass is 10.1. The second-order valence-electron chi connectivity index (χ2n) is 4.14. The molecular weight excluding hydrogens is 259 g/mol. The first-order chi connectivity index (χ1) is 9.24. The van der Waals surface area contributed by atoms with E-state index in [1.807, 2.05) is 29.6 Å². The van der Waals surface area contributed by atoms with E-state index in [1.54, 1.807) is 18.2 Å². The van der Waals surface area contributed by atoms with Crippen molar-refractivity contribution in [2.24, 2.45) is 0 Å². The zero-order valence-electron chi connectivity index (χ0n) is 10.0. The highest BCUT2D eigenvalue weighted by atomic mass is 32.1. The van der Waals surface area contributed by atoms with E-state index in [4.69, 9.17) is 5.73 Å². The molecule has 0 atom stereocenters. The van der Waals surface area contributed by atoms with Crippen LogP contribution in [0.25, 0.3) is 21.8 Å². The summed E-state index contributed by atoms with van der Waals surface area (Å²) in [6.45, 7) is 0. The van der Waals surface area contributed by atoms with E-state index in [2.05, 4.69) is 4.98 Å². The van der Waals surface area contributed by atoms with Crippen molar-refractivity contribution in [2.45, 2.75) is 0 Å². The van der Waals surface area contributed by atoms with Gasteiger partial charge in [0.25, 0.3) is 0 Å². The number of anilines is 1. The molecule has 0 saturated heterocycles. The highest BCUT2D eigenvalue weighted by Crippen LogP contribution is 2.30. The Balaban J connectivity index is 2.03. The fraction of sp³-hybridized carbons (Fsp3) is 0. The van der Waals surface area contributed by atoms with Gasteiger partial charge in [0.15, 0.2) is 0 Å². The third kappa shape index (κ3) is 2.35. The number of rotatable bonds is 2. The molecule has 2 nitrogen and oxygen atoms in total. The van der Waals surface area contributed by atoms with Gasteiger partial charge in [-0.05, 0) is 24.3 Å². The van der Waals surface area contributed by atoms with Gasteiger partial charge in [0, 0.05) is 22.2 Å². The molecule has 3 rings (SSSR count). The van der Waals surface area contributed by atoms with Crippen LogP contribution in [-0.2, 0) is 0 Å². The van der Waals surface area contributed by atoms with Crippen molar-refractivity contribution in [3.05, 3.63) is 59.7 Å². The van der Waals surface area contributed by atoms with E-state index in [0.29, 0.717) is 16.3 Å². The Morgan fingerprint density at radius 2 is 1.89 bits per heavy atom. The number of aromatic nitrogens is 1. The summed E-state index contributed by atoms with van der Waals surface area (Å²) in [5, 5.41) is 2.59. The molecule has 1 heterocycles. The van der Waals surface area contributed by atoms with Crippen LogP contribution in [0.15, 0.2) is 53.9 Å². The van der Waals surface area contributed by atoms with Crippen LogP contribution in [0.4, 0.5) is 10.1 Å². The number of hydrogen-bond donors (Lipinski definition) is 1. The van der Waals surface area contributed by atoms with Gasteiger partial charge in [-0.25, -0.2) is 9.37 Å². The van der Waals surface area contributed by atoms with Gasteiger partial charge in [-0.15, -0.1) is 11.3 Å². The van der Waals surface area contributed by atoms with Crippen molar-refractivity contribution in [3.8, 4) is 21.8 Å². The van der Waals surface area contributed by atoms with E-state index >= 15 is 0 Å². The first-order valence-corrected chi connectivity index (χ1v) is 6.68. The third-order valence-electron chi connectivity index (χ3n) is 2.79. The molecule has 2 aromatic carbocycles. The predicted molar refractivity (Wildman–Crippen MR) is 77.4 cm³/mol. The van der Waals surface area contributed by atoms with E-state index in [0.717, 1.165) is 11.3 Å². The molecule has 0 spiro atoms. The SMILES string of the molecule is Nc1cccc(-c2csc(-c3ccccc3F)n2)c1. The summed E-state index contributed by atoms with van der Waals surface area (Å²) >= 11 is 1.43. The maximum Gasteiger partial charge on any atom is 0.133 e. The van der Waals surface area contributed by atoms with Crippen LogP contribution >= 0.6 is 11.3 Å². The van der Waals surface area contributed by atoms with Gasteiger partial charge < -0.3 is 5.73 Å². The third-order valence-corrected chi connectivity index (χ3v) is 3.67. The lowest BCUT2D eigenvalue weighted by molar-refractivity contribution is 0.631. The molecule has 0 aliphatic rings. The maximum atomic E-state index is 13.7. The first-order valence-electron chi connectivity index (χ1n) is 5.80. The molecule has 0 fully saturated rings. The van der Waals surface area contributed by atoms with Crippen molar-refractivity contribution in [2.75, 3.05) is 5.73 Å². The molecule has 1 aromatic heterocycles. The summed E-state index contributed by atoms with van der Waals surface area (Å²) in [5.74, 6) is -0.254. The molecule has 0 unspecified atom stereocenters. The number of benzene rings is 2. The summed E-state index contributed by atoms with van der Waals surface area (Å²) < 4.78 is 13.7. The Labute approximate surface area is 114 Å². The minimum atomic E-state index is -0.254. The van der Waals surface area contributed by atoms with E-state index in [-0.39, 0.29) is 5.82 Å². The smallest absolute Gasteiger partial charge is 0.133 e. The van der Waals surface area contributed by atoms with Gasteiger partial charge >= 0.3 is 0 Å². The van der Waals surface area contributed by atoms with Crippen LogP contribution < -0.4 is 5.73 Å². The second kappa shape index (κ2) is 4.82. The molecule has 0 amide bonds. The molecule has 2 N–H and O–H groups in total. The van der Waals surface area contributed by atoms with Gasteiger partial charge in [-0.3, -0.25) is 0 Å². The molecular formula is C15H11FN2S. The Bertz CT molecular complexity index is 721. The molecule has 94 valence electrons. The van der Waals surface area contributed by atoms with Gasteiger partial charge in [0.1, 0.15) is 10.8 Å². The molecule has 0 aliphatic carbocycles. The maximum absolute atomic E-state index is 13.7. The van der Waals surface area contributed by atoms with E-state index in [1.165, 1.54) is 17.4 Å². The molecule has 0 saturated carbocycles. The molecule has 0 radical (unpaired) electrons. The van der Waals surface area contributed by atoms with Crippen molar-refractivity contribution in [3.63, 3.8) is 0 Å². The highest BCUT2D eigenvalue weighted by Gasteiger charge is 2.10. The molecule has 0 aliphatic heterocycles. The fourth-order valence-electron chi connectivity index (χ4n) is 1.86. The van der Waals surface area contributed by atoms with Crippen molar-refractivity contribution in [1.82, 2.24) is 4.98 Å². The topological polar surface area (TPSA) is 38.9 Å². The lowest BCUT2D eigenvalue weighted by Gasteiger charge is -1.99. The summed E-state index contributed by atoms with van der Waals surface area (Å²) in [7, 11) is 0. The van der Waals surface area contributed by atoms with Crippen molar-refractivity contribution in [1.29, 1.82) is 0 Å². The van der Waals surface area contributed by atoms with Crippen LogP contribution in [0.5, 0.6) is 0 Å². The Morgan fingerprint density at radius 3 is 2.68 bits per heavy atom. The number of nitrogens with zero attached hydrogens (tertiary/aromatic N) is 1. The largest absolute Gasteiger partial charge is 0.399 e. The fourth-order valence-corrected chi connectivity index (χ4v) is 2.72. The quantitative estimate of drug-likeness (QED) is 0.709. The van der Waals surface area contributed by atoms with Gasteiger partial charge in [0.2, 0.25) is 0 Å². The number of thiazole rings is 1. The minimum absolute atomic E-state index is 0.254. The lowest BCUT2D eigenvalue weighted by Crippen LogP contribution is -1.86. The summed E-state index contributed by atoms with van der Waals surface area (Å²) in [6, 6.07) is 14.2. The average Bonchev–Trinajstić information content (AvgIpc) is 2.89. The summed E-state index contributed by atoms with van der Waals surface area (Å²) in [5.41, 5.74) is 8.74. The number of halogens is 1. The molecule has 3 aromatic rings. The van der Waals surface area contributed by atoms with Gasteiger partial charge in [0.05, 0.1) is 5.69 Å². The predicted octanol–water partition coefficient (Wildman–Crippen LogP) is 4.20. The average molecular weight is 270 g/mol.